The second-order valence-electron chi connectivity index (χ2n) is 4.92. The van der Waals surface area contributed by atoms with Gasteiger partial charge in [-0.1, -0.05) is 43.2 Å². The van der Waals surface area contributed by atoms with Gasteiger partial charge >= 0.3 is 23.9 Å². The molecule has 164 valence electrons. The van der Waals surface area contributed by atoms with E-state index in [2.05, 4.69) is 0 Å². The van der Waals surface area contributed by atoms with Crippen LogP contribution in [0.2, 0.25) is 0 Å². The Morgan fingerprint density at radius 3 is 0.750 bits per heavy atom. The second-order valence-corrected chi connectivity index (χ2v) is 10.0. The topological polar surface area (TPSA) is 253 Å². The van der Waals surface area contributed by atoms with E-state index in [1.165, 1.54) is 43.2 Å². The Bertz CT molecular complexity index is 428. The average molecular weight is 481 g/mol. The number of hydrogen-bond acceptors (Lipinski definition) is 12. The monoisotopic (exact) mass is 480 g/mol. The van der Waals surface area contributed by atoms with E-state index in [1.54, 1.807) is 0 Å². The van der Waals surface area contributed by atoms with Gasteiger partial charge in [-0.3, -0.25) is 19.2 Å². The van der Waals surface area contributed by atoms with Gasteiger partial charge in [0.25, 0.3) is 0 Å². The van der Waals surface area contributed by atoms with E-state index in [0.29, 0.717) is 0 Å². The van der Waals surface area contributed by atoms with Crippen molar-refractivity contribution >= 4 is 67.1 Å². The van der Waals surface area contributed by atoms with Crippen LogP contribution in [0.25, 0.3) is 0 Å². The maximum Gasteiger partial charge on any atom is 0.321 e. The molecule has 0 fully saturated rings. The van der Waals surface area contributed by atoms with Gasteiger partial charge in [0.2, 0.25) is 0 Å². The highest BCUT2D eigenvalue weighted by Crippen LogP contribution is 2.22. The van der Waals surface area contributed by atoms with Crippen molar-refractivity contribution in [3.63, 3.8) is 0 Å². The number of hydrogen-bond donors (Lipinski definition) is 8. The molecule has 12 N–H and O–H groups in total. The molecule has 0 aliphatic carbocycles. The predicted octanol–water partition coefficient (Wildman–Crippen LogP) is -1.62. The van der Waals surface area contributed by atoms with Crippen molar-refractivity contribution in [2.75, 3.05) is 23.0 Å². The van der Waals surface area contributed by atoms with Crippen LogP contribution in [0.1, 0.15) is 0 Å². The second kappa shape index (κ2) is 17.0. The first-order valence-electron chi connectivity index (χ1n) is 7.32. The third-order valence-electron chi connectivity index (χ3n) is 2.43. The van der Waals surface area contributed by atoms with Crippen molar-refractivity contribution in [2.45, 2.75) is 24.2 Å². The Morgan fingerprint density at radius 2 is 0.643 bits per heavy atom. The molecule has 0 spiro atoms. The average Bonchev–Trinajstić information content (AvgIpc) is 2.61. The van der Waals surface area contributed by atoms with E-state index in [0.717, 1.165) is 0 Å². The Labute approximate surface area is 176 Å². The Morgan fingerprint density at radius 1 is 0.500 bits per heavy atom. The minimum atomic E-state index is -1.07. The zero-order chi connectivity index (χ0) is 22.3. The Kier molecular flexibility index (Phi) is 17.8. The van der Waals surface area contributed by atoms with Gasteiger partial charge in [0.05, 0.1) is 0 Å². The normalized spacial score (nSPS) is 14.7. The van der Waals surface area contributed by atoms with E-state index in [9.17, 15) is 19.2 Å². The molecule has 0 rings (SSSR count). The molecule has 0 aromatic heterocycles. The van der Waals surface area contributed by atoms with Gasteiger partial charge in [0.1, 0.15) is 24.2 Å². The molecule has 0 aromatic carbocycles. The van der Waals surface area contributed by atoms with Gasteiger partial charge in [-0.2, -0.15) is 0 Å². The maximum atomic E-state index is 10.3. The molecule has 0 unspecified atom stereocenters. The zero-order valence-corrected chi connectivity index (χ0v) is 17.8. The lowest BCUT2D eigenvalue weighted by molar-refractivity contribution is -0.138. The summed E-state index contributed by atoms with van der Waals surface area (Å²) in [6.45, 7) is 0. The number of carboxylic acids is 4. The van der Waals surface area contributed by atoms with E-state index in [4.69, 9.17) is 43.4 Å². The number of carboxylic acid groups (broad SMARTS) is 4. The first-order valence-corrected chi connectivity index (χ1v) is 12.3. The first kappa shape index (κ1) is 29.3. The number of rotatable bonds is 14. The van der Waals surface area contributed by atoms with Crippen molar-refractivity contribution in [3.8, 4) is 0 Å². The number of aliphatic carboxylic acids is 4. The van der Waals surface area contributed by atoms with Crippen LogP contribution in [0, 0.1) is 0 Å². The predicted molar refractivity (Wildman–Crippen MR) is 112 cm³/mol. The molecule has 0 aliphatic rings. The molecule has 0 bridgehead atoms. The zero-order valence-electron chi connectivity index (χ0n) is 14.5. The van der Waals surface area contributed by atoms with Gasteiger partial charge in [0, 0.05) is 23.0 Å². The lowest BCUT2D eigenvalue weighted by atomic mass is 10.4. The first-order chi connectivity index (χ1) is 12.9. The molecule has 0 amide bonds. The van der Waals surface area contributed by atoms with Crippen LogP contribution < -0.4 is 22.9 Å². The van der Waals surface area contributed by atoms with Gasteiger partial charge in [-0.25, -0.2) is 0 Å². The molecule has 0 radical (unpaired) electrons. The van der Waals surface area contributed by atoms with E-state index in [1.807, 2.05) is 0 Å². The van der Waals surface area contributed by atoms with Crippen LogP contribution in [-0.4, -0.2) is 91.5 Å². The fraction of sp³-hybridized carbons (Fsp3) is 0.667. The maximum absolute atomic E-state index is 10.3. The van der Waals surface area contributed by atoms with Crippen LogP contribution in [0.5, 0.6) is 0 Å². The fourth-order valence-electron chi connectivity index (χ4n) is 0.771. The van der Waals surface area contributed by atoms with Gasteiger partial charge < -0.3 is 43.4 Å². The summed E-state index contributed by atoms with van der Waals surface area (Å²) in [5.41, 5.74) is 20.8. The summed E-state index contributed by atoms with van der Waals surface area (Å²) in [4.78, 5) is 41.1. The van der Waals surface area contributed by atoms with Gasteiger partial charge in [-0.15, -0.1) is 0 Å². The Hall–Kier alpha value is -0.880. The lowest BCUT2D eigenvalue weighted by Crippen LogP contribution is -2.33. The minimum Gasteiger partial charge on any atom is -0.480 e. The molecule has 4 atom stereocenters. The van der Waals surface area contributed by atoms with Crippen molar-refractivity contribution in [1.29, 1.82) is 0 Å². The largest absolute Gasteiger partial charge is 0.480 e. The summed E-state index contributed by atoms with van der Waals surface area (Å²) in [5.74, 6) is -3.36. The molecule has 0 aromatic rings. The standard InChI is InChI=1S/2C6H12N2O4S2/c2*7-3(5(9)10)1-13-14-2-4(8)6(11)12/h2*3-4H,1-2,7-8H2,(H,9,10)(H,11,12)/t2*3-,4-/m00/s1. The third-order valence-corrected chi connectivity index (χ3v) is 7.37. The summed E-state index contributed by atoms with van der Waals surface area (Å²) in [6, 6.07) is -3.69. The molecular formula is C12H24N4O8S4. The molecule has 0 saturated heterocycles. The summed E-state index contributed by atoms with van der Waals surface area (Å²) >= 11 is 0. The van der Waals surface area contributed by atoms with Crippen molar-refractivity contribution in [3.05, 3.63) is 0 Å². The highest BCUT2D eigenvalue weighted by Gasteiger charge is 2.15. The van der Waals surface area contributed by atoms with Crippen LogP contribution in [0.3, 0.4) is 0 Å². The van der Waals surface area contributed by atoms with E-state index in [-0.39, 0.29) is 23.0 Å². The molecule has 16 heteroatoms. The lowest BCUT2D eigenvalue weighted by Gasteiger charge is -2.07. The molecule has 0 aliphatic heterocycles. The SMILES string of the molecule is N[C@@H](CSSC[C@H](N)C(=O)O)C(=O)O.N[C@@H](CSSC[C@H](N)C(=O)O)C(=O)O. The summed E-state index contributed by atoms with van der Waals surface area (Å²) < 4.78 is 0. The van der Waals surface area contributed by atoms with E-state index >= 15 is 0 Å². The highest BCUT2D eigenvalue weighted by molar-refractivity contribution is 8.77. The van der Waals surface area contributed by atoms with Crippen LogP contribution in [0.4, 0.5) is 0 Å². The Balaban J connectivity index is 0. The smallest absolute Gasteiger partial charge is 0.321 e. The van der Waals surface area contributed by atoms with Crippen molar-refractivity contribution in [2.24, 2.45) is 22.9 Å². The molecular weight excluding hydrogens is 456 g/mol. The van der Waals surface area contributed by atoms with Crippen LogP contribution in [-0.2, 0) is 19.2 Å². The van der Waals surface area contributed by atoms with Crippen LogP contribution in [0.15, 0.2) is 0 Å². The quantitative estimate of drug-likeness (QED) is 0.103. The van der Waals surface area contributed by atoms with E-state index < -0.39 is 48.0 Å². The van der Waals surface area contributed by atoms with Gasteiger partial charge in [-0.05, 0) is 0 Å². The van der Waals surface area contributed by atoms with Crippen LogP contribution >= 0.6 is 43.2 Å². The van der Waals surface area contributed by atoms with Gasteiger partial charge in [0.15, 0.2) is 0 Å². The summed E-state index contributed by atoms with van der Waals surface area (Å²) in [7, 11) is 4.81. The summed E-state index contributed by atoms with van der Waals surface area (Å²) in [6.07, 6.45) is 0. The number of carbonyl (C=O) groups is 4. The molecule has 0 saturated carbocycles. The third kappa shape index (κ3) is 17.2. The molecule has 12 nitrogen and oxygen atoms in total. The number of nitrogens with two attached hydrogens (primary N) is 4. The van der Waals surface area contributed by atoms with Crippen molar-refractivity contribution in [1.82, 2.24) is 0 Å². The summed E-state index contributed by atoms with van der Waals surface area (Å²) in [5, 5.41) is 33.6. The molecule has 0 heterocycles. The fourth-order valence-corrected chi connectivity index (χ4v) is 5.23. The minimum absolute atomic E-state index is 0.229. The highest BCUT2D eigenvalue weighted by atomic mass is 33.1. The van der Waals surface area contributed by atoms with Crippen molar-refractivity contribution < 1.29 is 39.6 Å². The molecule has 28 heavy (non-hydrogen) atoms.